The predicted octanol–water partition coefficient (Wildman–Crippen LogP) is 4.19. The number of carbonyl (C=O) groups is 2. The van der Waals surface area contributed by atoms with Gasteiger partial charge >= 0.3 is 5.97 Å². The Bertz CT molecular complexity index is 882. The Hall–Kier alpha value is -2.66. The minimum absolute atomic E-state index is 0.107. The molecule has 2 N–H and O–H groups in total. The van der Waals surface area contributed by atoms with Crippen LogP contribution in [0.25, 0.3) is 0 Å². The van der Waals surface area contributed by atoms with Crippen LogP contribution in [0, 0.1) is 11.3 Å². The van der Waals surface area contributed by atoms with E-state index in [-0.39, 0.29) is 17.9 Å². The zero-order valence-electron chi connectivity index (χ0n) is 16.1. The lowest BCUT2D eigenvalue weighted by Crippen LogP contribution is -2.36. The number of carboxylic acids is 1. The van der Waals surface area contributed by atoms with Gasteiger partial charge in [0.25, 0.3) is 5.91 Å². The van der Waals surface area contributed by atoms with E-state index < -0.39 is 11.4 Å². The maximum absolute atomic E-state index is 12.4. The Morgan fingerprint density at radius 1 is 1.18 bits per heavy atom. The summed E-state index contributed by atoms with van der Waals surface area (Å²) in [5, 5.41) is 12.8. The molecule has 1 unspecified atom stereocenters. The number of aliphatic carboxylic acids is 1. The molecule has 5 nitrogen and oxygen atoms in total. The summed E-state index contributed by atoms with van der Waals surface area (Å²) in [5.41, 5.74) is 1.89. The van der Waals surface area contributed by atoms with E-state index in [9.17, 15) is 14.7 Å². The van der Waals surface area contributed by atoms with Gasteiger partial charge in [0, 0.05) is 30.4 Å². The molecular formula is C23H26N2O3. The van der Waals surface area contributed by atoms with Crippen LogP contribution in [0.2, 0.25) is 0 Å². The number of nitrogens with zero attached hydrogens (tertiary/aromatic N) is 1. The molecule has 2 aliphatic rings. The number of rotatable bonds is 5. The second-order valence-electron chi connectivity index (χ2n) is 8.10. The molecular weight excluding hydrogens is 352 g/mol. The van der Waals surface area contributed by atoms with Crippen LogP contribution in [0.1, 0.15) is 48.1 Å². The molecule has 1 saturated heterocycles. The first-order valence-electron chi connectivity index (χ1n) is 9.93. The Labute approximate surface area is 165 Å². The van der Waals surface area contributed by atoms with E-state index in [0.29, 0.717) is 12.1 Å². The maximum atomic E-state index is 12.4. The largest absolute Gasteiger partial charge is 0.481 e. The van der Waals surface area contributed by atoms with E-state index in [1.165, 1.54) is 0 Å². The van der Waals surface area contributed by atoms with E-state index in [4.69, 9.17) is 0 Å². The lowest BCUT2D eigenvalue weighted by Gasteiger charge is -2.28. The molecule has 3 atom stereocenters. The Morgan fingerprint density at radius 2 is 1.96 bits per heavy atom. The molecule has 1 amide bonds. The van der Waals surface area contributed by atoms with Crippen molar-refractivity contribution in [3.05, 3.63) is 65.7 Å². The number of fused-ring (bicyclic) bond motifs is 1. The number of benzene rings is 2. The van der Waals surface area contributed by atoms with Gasteiger partial charge in [-0.25, -0.2) is 0 Å². The third-order valence-corrected chi connectivity index (χ3v) is 6.53. The first kappa shape index (κ1) is 18.7. The van der Waals surface area contributed by atoms with Crippen molar-refractivity contribution in [2.45, 2.75) is 32.2 Å². The van der Waals surface area contributed by atoms with Crippen LogP contribution >= 0.6 is 0 Å². The van der Waals surface area contributed by atoms with Crippen LogP contribution in [0.5, 0.6) is 0 Å². The summed E-state index contributed by atoms with van der Waals surface area (Å²) in [6.45, 7) is 3.55. The minimum Gasteiger partial charge on any atom is -0.481 e. The van der Waals surface area contributed by atoms with Gasteiger partial charge < -0.3 is 10.4 Å². The Kier molecular flexibility index (Phi) is 4.94. The number of hydrogen-bond donors (Lipinski definition) is 2. The van der Waals surface area contributed by atoms with Gasteiger partial charge in [-0.2, -0.15) is 0 Å². The van der Waals surface area contributed by atoms with E-state index in [2.05, 4.69) is 17.1 Å². The van der Waals surface area contributed by atoms with Crippen molar-refractivity contribution in [2.75, 3.05) is 18.4 Å². The summed E-state index contributed by atoms with van der Waals surface area (Å²) in [4.78, 5) is 26.6. The third-order valence-electron chi connectivity index (χ3n) is 6.53. The standard InChI is InChI=1S/C23H26N2O3/c1-16(25-14-19-10-6-12-23(19,15-25)22(27)28)18-9-5-11-20(13-18)24-21(26)17-7-3-2-4-8-17/h2-5,7-9,11,13,16,19H,6,10,12,14-15H2,1H3,(H,24,26)(H,27,28)/t16?,19-,23+/m0/s1. The third kappa shape index (κ3) is 3.31. The lowest BCUT2D eigenvalue weighted by molar-refractivity contribution is -0.149. The minimum atomic E-state index is -0.645. The fourth-order valence-electron chi connectivity index (χ4n) is 4.85. The van der Waals surface area contributed by atoms with E-state index in [0.717, 1.165) is 37.1 Å². The van der Waals surface area contributed by atoms with Gasteiger partial charge in [0.05, 0.1) is 5.41 Å². The summed E-state index contributed by atoms with van der Waals surface area (Å²) < 4.78 is 0. The number of likely N-dealkylation sites (tertiary alicyclic amines) is 1. The maximum Gasteiger partial charge on any atom is 0.311 e. The van der Waals surface area contributed by atoms with Crippen LogP contribution in [-0.4, -0.2) is 35.0 Å². The molecule has 1 heterocycles. The molecule has 1 aliphatic heterocycles. The van der Waals surface area contributed by atoms with Crippen molar-refractivity contribution >= 4 is 17.6 Å². The van der Waals surface area contributed by atoms with Crippen molar-refractivity contribution in [1.29, 1.82) is 0 Å². The van der Waals surface area contributed by atoms with E-state index in [1.807, 2.05) is 42.5 Å². The highest BCUT2D eigenvalue weighted by atomic mass is 16.4. The summed E-state index contributed by atoms with van der Waals surface area (Å²) >= 11 is 0. The van der Waals surface area contributed by atoms with Gasteiger partial charge in [-0.3, -0.25) is 14.5 Å². The summed E-state index contributed by atoms with van der Waals surface area (Å²) in [7, 11) is 0. The van der Waals surface area contributed by atoms with Crippen LogP contribution in [0.4, 0.5) is 5.69 Å². The molecule has 1 aliphatic carbocycles. The molecule has 0 aromatic heterocycles. The number of hydrogen-bond acceptors (Lipinski definition) is 3. The normalized spacial score (nSPS) is 25.2. The highest BCUT2D eigenvalue weighted by Crippen LogP contribution is 2.50. The number of carbonyl (C=O) groups excluding carboxylic acids is 1. The fourth-order valence-corrected chi connectivity index (χ4v) is 4.85. The first-order chi connectivity index (χ1) is 13.5. The number of carboxylic acid groups (broad SMARTS) is 1. The summed E-state index contributed by atoms with van der Waals surface area (Å²) in [5.74, 6) is -0.534. The van der Waals surface area contributed by atoms with Crippen molar-refractivity contribution in [3.63, 3.8) is 0 Å². The highest BCUT2D eigenvalue weighted by molar-refractivity contribution is 6.04. The fraction of sp³-hybridized carbons (Fsp3) is 0.391. The summed E-state index contributed by atoms with van der Waals surface area (Å²) in [6, 6.07) is 17.1. The zero-order valence-corrected chi connectivity index (χ0v) is 16.1. The van der Waals surface area contributed by atoms with Gasteiger partial charge in [0.2, 0.25) is 0 Å². The topological polar surface area (TPSA) is 69.6 Å². The molecule has 0 bridgehead atoms. The number of anilines is 1. The molecule has 4 rings (SSSR count). The molecule has 2 aromatic rings. The van der Waals surface area contributed by atoms with Crippen molar-refractivity contribution in [3.8, 4) is 0 Å². The Balaban J connectivity index is 1.49. The van der Waals surface area contributed by atoms with E-state index >= 15 is 0 Å². The quantitative estimate of drug-likeness (QED) is 0.819. The second kappa shape index (κ2) is 7.40. The monoisotopic (exact) mass is 378 g/mol. The van der Waals surface area contributed by atoms with Gasteiger partial charge in [-0.1, -0.05) is 36.8 Å². The van der Waals surface area contributed by atoms with Crippen molar-refractivity contribution < 1.29 is 14.7 Å². The lowest BCUT2D eigenvalue weighted by atomic mass is 9.81. The van der Waals surface area contributed by atoms with Crippen molar-refractivity contribution in [1.82, 2.24) is 4.90 Å². The number of nitrogens with one attached hydrogen (secondary N) is 1. The molecule has 146 valence electrons. The molecule has 2 aromatic carbocycles. The van der Waals surface area contributed by atoms with Crippen LogP contribution in [0.3, 0.4) is 0 Å². The molecule has 28 heavy (non-hydrogen) atoms. The smallest absolute Gasteiger partial charge is 0.311 e. The Morgan fingerprint density at radius 3 is 2.68 bits per heavy atom. The van der Waals surface area contributed by atoms with Crippen LogP contribution < -0.4 is 5.32 Å². The van der Waals surface area contributed by atoms with Crippen molar-refractivity contribution in [2.24, 2.45) is 11.3 Å². The molecule has 1 saturated carbocycles. The molecule has 2 fully saturated rings. The summed E-state index contributed by atoms with van der Waals surface area (Å²) in [6.07, 6.45) is 2.80. The second-order valence-corrected chi connectivity index (χ2v) is 8.10. The average Bonchev–Trinajstić information content (AvgIpc) is 3.27. The SMILES string of the molecule is CC(c1cccc(NC(=O)c2ccccc2)c1)N1C[C@@H]2CCC[C@@]2(C(=O)O)C1. The first-order valence-corrected chi connectivity index (χ1v) is 9.93. The molecule has 5 heteroatoms. The number of amides is 1. The van der Waals surface area contributed by atoms with Crippen LogP contribution in [-0.2, 0) is 4.79 Å². The van der Waals surface area contributed by atoms with Gasteiger partial charge in [0.1, 0.15) is 0 Å². The molecule has 0 spiro atoms. The highest BCUT2D eigenvalue weighted by Gasteiger charge is 2.55. The van der Waals surface area contributed by atoms with Gasteiger partial charge in [-0.05, 0) is 55.5 Å². The zero-order chi connectivity index (χ0) is 19.7. The molecule has 0 radical (unpaired) electrons. The predicted molar refractivity (Wildman–Crippen MR) is 108 cm³/mol. The van der Waals surface area contributed by atoms with Gasteiger partial charge in [-0.15, -0.1) is 0 Å². The van der Waals surface area contributed by atoms with Crippen LogP contribution in [0.15, 0.2) is 54.6 Å². The van der Waals surface area contributed by atoms with Gasteiger partial charge in [0.15, 0.2) is 0 Å². The average molecular weight is 378 g/mol. The van der Waals surface area contributed by atoms with E-state index in [1.54, 1.807) is 12.1 Å².